The van der Waals surface area contributed by atoms with Crippen LogP contribution in [0.3, 0.4) is 0 Å². The van der Waals surface area contributed by atoms with Crippen molar-refractivity contribution in [1.82, 2.24) is 0 Å². The zero-order chi connectivity index (χ0) is 22.5. The van der Waals surface area contributed by atoms with Crippen molar-refractivity contribution >= 4 is 69.2 Å². The number of hydrogen-bond acceptors (Lipinski definition) is 0. The molecule has 2 aromatic carbocycles. The third kappa shape index (κ3) is 8.67. The molecule has 4 aliphatic carbocycles. The van der Waals surface area contributed by atoms with E-state index in [9.17, 15) is 0 Å². The van der Waals surface area contributed by atoms with Crippen LogP contribution in [0.4, 0.5) is 0 Å². The van der Waals surface area contributed by atoms with Crippen molar-refractivity contribution in [3.63, 3.8) is 0 Å². The van der Waals surface area contributed by atoms with Gasteiger partial charge in [0, 0.05) is 0 Å². The van der Waals surface area contributed by atoms with E-state index in [1.54, 1.807) is 11.1 Å². The molecule has 6 rings (SSSR count). The summed E-state index contributed by atoms with van der Waals surface area (Å²) in [5, 5.41) is 0. The molecule has 4 aliphatic rings. The zero-order valence-corrected chi connectivity index (χ0v) is 29.7. The Hall–Kier alpha value is -0.146. The van der Waals surface area contributed by atoms with E-state index < -0.39 is 40.4 Å². The first-order valence-corrected chi connectivity index (χ1v) is 21.6. The van der Waals surface area contributed by atoms with Gasteiger partial charge in [-0.25, -0.2) is 0 Å². The van der Waals surface area contributed by atoms with Gasteiger partial charge in [-0.15, -0.1) is 49.6 Å². The van der Waals surface area contributed by atoms with Gasteiger partial charge in [-0.1, -0.05) is 0 Å². The SMILES string of the molecule is C1=C[CH]([Zr][CH]2C=Cc3ccccc32)c2ccccc21.CC[SiH2][Ti]([C]1=CC=CC1)[C]1=CC=CC1.Cl.Cl.Cl.Cl. The van der Waals surface area contributed by atoms with Crippen molar-refractivity contribution in [3.8, 4) is 0 Å². The Bertz CT molecular complexity index is 1110. The number of rotatable bonds is 6. The van der Waals surface area contributed by atoms with Crippen LogP contribution in [0.1, 0.15) is 49.3 Å². The van der Waals surface area contributed by atoms with Crippen LogP contribution in [0, 0.1) is 0 Å². The average molecular weight is 705 g/mol. The topological polar surface area (TPSA) is 0 Å². The Kier molecular flexibility index (Phi) is 16.5. The minimum atomic E-state index is -0.894. The maximum Gasteiger partial charge on any atom is -0.147 e. The van der Waals surface area contributed by atoms with Crippen LogP contribution in [-0.2, 0) is 40.4 Å². The molecule has 7 heteroatoms. The second-order valence-electron chi connectivity index (χ2n) is 8.97. The Labute approximate surface area is 267 Å². The van der Waals surface area contributed by atoms with Crippen LogP contribution in [0.15, 0.2) is 105 Å². The Morgan fingerprint density at radius 3 is 1.59 bits per heavy atom. The molecule has 0 heterocycles. The number of benzene rings is 2. The first-order valence-electron chi connectivity index (χ1n) is 12.2. The molecule has 2 unspecified atom stereocenters. The Morgan fingerprint density at radius 2 is 1.19 bits per heavy atom. The summed E-state index contributed by atoms with van der Waals surface area (Å²) in [6.45, 7) is 2.38. The summed E-state index contributed by atoms with van der Waals surface area (Å²) >= 11 is -1.44. The van der Waals surface area contributed by atoms with E-state index in [1.807, 2.05) is 7.76 Å². The van der Waals surface area contributed by atoms with Crippen molar-refractivity contribution in [3.05, 3.63) is 127 Å². The quantitative estimate of drug-likeness (QED) is 0.264. The van der Waals surface area contributed by atoms with Crippen LogP contribution in [0.25, 0.3) is 12.2 Å². The third-order valence-electron chi connectivity index (χ3n) is 6.78. The Balaban J connectivity index is 0.000000347. The number of halogens is 4. The van der Waals surface area contributed by atoms with E-state index in [1.165, 1.54) is 30.0 Å². The van der Waals surface area contributed by atoms with Gasteiger partial charge >= 0.3 is 220 Å². The standard InChI is InChI=1S/2C9H7.2C5H5.C2H7Si.4ClH.Ti.Zr/c2*1-2-5-9-7-3-6-8(9)4-1;2*1-2-4-5-3-1;1-2-3;;;;;;/h2*1-7H;2*1-3H,4H2;2-3H2,1H3;4*1H;;. The van der Waals surface area contributed by atoms with Gasteiger partial charge in [-0.05, 0) is 0 Å². The first kappa shape index (κ1) is 34.9. The molecule has 0 bridgehead atoms. The molecule has 0 radical (unpaired) electrons. The average Bonchev–Trinajstić information content (AvgIpc) is 3.67. The molecule has 0 N–H and O–H groups in total. The molecular weight excluding hydrogens is 669 g/mol. The molecule has 0 saturated carbocycles. The van der Waals surface area contributed by atoms with Crippen molar-refractivity contribution < 1.29 is 40.4 Å². The van der Waals surface area contributed by atoms with E-state index in [4.69, 9.17) is 0 Å². The van der Waals surface area contributed by atoms with Gasteiger partial charge in [0.15, 0.2) is 0 Å². The van der Waals surface area contributed by atoms with Gasteiger partial charge in [-0.3, -0.25) is 0 Å². The van der Waals surface area contributed by atoms with E-state index >= 15 is 0 Å². The predicted molar refractivity (Wildman–Crippen MR) is 168 cm³/mol. The van der Waals surface area contributed by atoms with Gasteiger partial charge in [0.05, 0.1) is 0 Å². The normalized spacial score (nSPS) is 18.8. The fraction of sp³-hybridized carbons (Fsp3) is 0.200. The van der Waals surface area contributed by atoms with Crippen molar-refractivity contribution in [2.75, 3.05) is 0 Å². The minimum absolute atomic E-state index is 0. The predicted octanol–water partition coefficient (Wildman–Crippen LogP) is 9.11. The molecule has 0 aliphatic heterocycles. The van der Waals surface area contributed by atoms with E-state index in [0.29, 0.717) is 0 Å². The molecule has 0 saturated heterocycles. The molecule has 0 nitrogen and oxygen atoms in total. The van der Waals surface area contributed by atoms with Crippen molar-refractivity contribution in [2.45, 2.75) is 33.1 Å². The molecular formula is C30H35Cl4SiTiZr. The number of hydrogen-bond donors (Lipinski definition) is 0. The van der Waals surface area contributed by atoms with Crippen molar-refractivity contribution in [1.29, 1.82) is 0 Å². The second kappa shape index (κ2) is 17.5. The summed E-state index contributed by atoms with van der Waals surface area (Å²) in [4.78, 5) is 0. The van der Waals surface area contributed by atoms with Crippen molar-refractivity contribution in [2.24, 2.45) is 0 Å². The molecule has 0 aromatic heterocycles. The van der Waals surface area contributed by atoms with Gasteiger partial charge in [0.25, 0.3) is 0 Å². The van der Waals surface area contributed by atoms with E-state index in [-0.39, 0.29) is 57.0 Å². The molecule has 0 amide bonds. The van der Waals surface area contributed by atoms with Gasteiger partial charge in [0.1, 0.15) is 0 Å². The zero-order valence-electron chi connectivity index (χ0n) is 21.0. The molecule has 2 aromatic rings. The van der Waals surface area contributed by atoms with Gasteiger partial charge < -0.3 is 0 Å². The Morgan fingerprint density at radius 1 is 0.730 bits per heavy atom. The maximum atomic E-state index is 2.44. The number of fused-ring (bicyclic) bond motifs is 2. The largest absolute Gasteiger partial charge is 0.147 e. The summed E-state index contributed by atoms with van der Waals surface area (Å²) in [6.07, 6.45) is 26.1. The van der Waals surface area contributed by atoms with Crippen LogP contribution < -0.4 is 0 Å². The van der Waals surface area contributed by atoms with E-state index in [0.717, 1.165) is 7.25 Å². The minimum Gasteiger partial charge on any atom is -0.147 e. The summed E-state index contributed by atoms with van der Waals surface area (Å²) in [7, 11) is 0.227. The maximum absolute atomic E-state index is 2.44. The van der Waals surface area contributed by atoms with Crippen LogP contribution >= 0.6 is 49.6 Å². The van der Waals surface area contributed by atoms with Gasteiger partial charge in [-0.2, -0.15) is 0 Å². The van der Waals surface area contributed by atoms with Gasteiger partial charge in [0.2, 0.25) is 0 Å². The van der Waals surface area contributed by atoms with Crippen LogP contribution in [0.2, 0.25) is 6.04 Å². The molecule has 0 spiro atoms. The van der Waals surface area contributed by atoms with E-state index in [2.05, 4.69) is 116 Å². The molecule has 37 heavy (non-hydrogen) atoms. The second-order valence-corrected chi connectivity index (χ2v) is 23.1. The van der Waals surface area contributed by atoms with Crippen LogP contribution in [0.5, 0.6) is 0 Å². The summed E-state index contributed by atoms with van der Waals surface area (Å²) in [5.74, 6) is 0. The fourth-order valence-corrected chi connectivity index (χ4v) is 20.6. The molecule has 0 fully saturated rings. The summed E-state index contributed by atoms with van der Waals surface area (Å²) < 4.78 is 5.16. The number of allylic oxidation sites excluding steroid dienone is 10. The fourth-order valence-electron chi connectivity index (χ4n) is 5.10. The monoisotopic (exact) mass is 701 g/mol. The summed E-state index contributed by atoms with van der Waals surface area (Å²) in [6, 6.07) is 19.2. The molecule has 2 atom stereocenters. The van der Waals surface area contributed by atoms with Crippen LogP contribution in [-0.4, -0.2) is 7.39 Å². The first-order chi connectivity index (χ1) is 16.3. The smallest absolute Gasteiger partial charge is 0.147 e. The summed E-state index contributed by atoms with van der Waals surface area (Å²) in [5.41, 5.74) is 5.99. The third-order valence-corrected chi connectivity index (χ3v) is 24.0. The molecule has 195 valence electrons.